The van der Waals surface area contributed by atoms with Gasteiger partial charge in [0, 0.05) is 12.0 Å². The normalized spacial score (nSPS) is 32.1. The van der Waals surface area contributed by atoms with Crippen LogP contribution in [0.15, 0.2) is 0 Å². The van der Waals surface area contributed by atoms with Crippen LogP contribution in [-0.4, -0.2) is 36.1 Å². The summed E-state index contributed by atoms with van der Waals surface area (Å²) in [6.45, 7) is 7.50. The summed E-state index contributed by atoms with van der Waals surface area (Å²) in [6, 6.07) is 0.340. The number of rotatable bonds is 0. The molecule has 80 valence electrons. The summed E-state index contributed by atoms with van der Waals surface area (Å²) < 4.78 is 5.58. The largest absolute Gasteiger partial charge is 0.374 e. The molecule has 0 aliphatic carbocycles. The van der Waals surface area contributed by atoms with Gasteiger partial charge in [-0.15, -0.1) is 0 Å². The Kier molecular flexibility index (Phi) is 2.30. The van der Waals surface area contributed by atoms with Gasteiger partial charge in [-0.1, -0.05) is 20.8 Å². The third-order valence-electron chi connectivity index (χ3n) is 3.09. The highest BCUT2D eigenvalue weighted by Gasteiger charge is 2.40. The number of carbonyl (C=O) groups excluding carboxylic acids is 1. The quantitative estimate of drug-likeness (QED) is 0.588. The summed E-state index contributed by atoms with van der Waals surface area (Å²) in [5.74, 6) is 0.274. The minimum Gasteiger partial charge on any atom is -0.374 e. The lowest BCUT2D eigenvalue weighted by molar-refractivity contribution is -0.162. The minimum atomic E-state index is -0.252. The highest BCUT2D eigenvalue weighted by Crippen LogP contribution is 2.30. The monoisotopic (exact) mass is 197 g/mol. The Morgan fingerprint density at radius 3 is 2.43 bits per heavy atom. The van der Waals surface area contributed by atoms with Crippen LogP contribution in [0.1, 0.15) is 33.6 Å². The molecule has 2 bridgehead atoms. The van der Waals surface area contributed by atoms with Crippen LogP contribution in [-0.2, 0) is 9.53 Å². The molecule has 0 radical (unpaired) electrons. The van der Waals surface area contributed by atoms with Crippen LogP contribution in [0.25, 0.3) is 0 Å². The molecular formula is C11H19NO2. The topological polar surface area (TPSA) is 29.5 Å². The van der Waals surface area contributed by atoms with Crippen molar-refractivity contribution in [3.05, 3.63) is 0 Å². The van der Waals surface area contributed by atoms with Crippen LogP contribution in [0.5, 0.6) is 0 Å². The van der Waals surface area contributed by atoms with Gasteiger partial charge in [0.2, 0.25) is 5.91 Å². The first-order valence-electron chi connectivity index (χ1n) is 5.41. The molecule has 1 amide bonds. The third kappa shape index (κ3) is 1.65. The van der Waals surface area contributed by atoms with E-state index < -0.39 is 0 Å². The zero-order valence-corrected chi connectivity index (χ0v) is 9.25. The van der Waals surface area contributed by atoms with E-state index in [0.717, 1.165) is 26.0 Å². The van der Waals surface area contributed by atoms with Crippen molar-refractivity contribution in [1.82, 2.24) is 4.90 Å². The number of nitrogens with zero attached hydrogens (tertiary/aromatic N) is 1. The average Bonchev–Trinajstić information content (AvgIpc) is 2.17. The Morgan fingerprint density at radius 2 is 2.07 bits per heavy atom. The SMILES string of the molecule is CC(C)(C)C(=O)N1C[C@@H]2CC[C@H]1CO2. The van der Waals surface area contributed by atoms with Gasteiger partial charge >= 0.3 is 0 Å². The molecule has 0 N–H and O–H groups in total. The number of hydrogen-bond donors (Lipinski definition) is 0. The molecule has 3 aliphatic heterocycles. The van der Waals surface area contributed by atoms with E-state index in [4.69, 9.17) is 4.74 Å². The van der Waals surface area contributed by atoms with Gasteiger partial charge in [-0.25, -0.2) is 0 Å². The Bertz CT molecular complexity index is 236. The molecule has 2 atom stereocenters. The van der Waals surface area contributed by atoms with Crippen molar-refractivity contribution in [1.29, 1.82) is 0 Å². The number of ether oxygens (including phenoxy) is 1. The number of fused-ring (bicyclic) bond motifs is 3. The number of morpholine rings is 1. The standard InChI is InChI=1S/C11H19NO2/c1-11(2,3)10(13)12-6-9-5-4-8(12)7-14-9/h8-9H,4-7H2,1-3H3/t8-,9-/m0/s1. The summed E-state index contributed by atoms with van der Waals surface area (Å²) in [5, 5.41) is 0. The van der Waals surface area contributed by atoms with Crippen molar-refractivity contribution in [2.75, 3.05) is 13.2 Å². The van der Waals surface area contributed by atoms with Crippen LogP contribution in [0.2, 0.25) is 0 Å². The zero-order chi connectivity index (χ0) is 10.3. The molecule has 0 aromatic heterocycles. The molecule has 0 saturated carbocycles. The van der Waals surface area contributed by atoms with E-state index in [-0.39, 0.29) is 11.3 Å². The Labute approximate surface area is 85.4 Å². The van der Waals surface area contributed by atoms with Gasteiger partial charge in [0.1, 0.15) is 0 Å². The van der Waals surface area contributed by atoms with E-state index >= 15 is 0 Å². The van der Waals surface area contributed by atoms with Crippen LogP contribution in [0, 0.1) is 5.41 Å². The molecule has 0 aromatic carbocycles. The van der Waals surface area contributed by atoms with Gasteiger partial charge in [-0.2, -0.15) is 0 Å². The molecule has 3 saturated heterocycles. The maximum Gasteiger partial charge on any atom is 0.228 e. The van der Waals surface area contributed by atoms with Gasteiger partial charge in [0.05, 0.1) is 18.8 Å². The highest BCUT2D eigenvalue weighted by molar-refractivity contribution is 5.82. The van der Waals surface area contributed by atoms with Crippen LogP contribution >= 0.6 is 0 Å². The fourth-order valence-electron chi connectivity index (χ4n) is 2.23. The molecule has 0 spiro atoms. The lowest BCUT2D eigenvalue weighted by atomic mass is 9.90. The number of piperidine rings is 1. The Hall–Kier alpha value is -0.570. The molecule has 0 aromatic rings. The van der Waals surface area contributed by atoms with Crippen molar-refractivity contribution >= 4 is 5.91 Å². The molecule has 3 heterocycles. The zero-order valence-electron chi connectivity index (χ0n) is 9.25. The number of carbonyl (C=O) groups is 1. The molecule has 14 heavy (non-hydrogen) atoms. The fraction of sp³-hybridized carbons (Fsp3) is 0.909. The van der Waals surface area contributed by atoms with E-state index in [1.807, 2.05) is 25.7 Å². The average molecular weight is 197 g/mol. The predicted octanol–water partition coefficient (Wildman–Crippen LogP) is 1.42. The lowest BCUT2D eigenvalue weighted by Gasteiger charge is -2.47. The van der Waals surface area contributed by atoms with E-state index in [2.05, 4.69) is 0 Å². The summed E-state index contributed by atoms with van der Waals surface area (Å²) in [7, 11) is 0. The van der Waals surface area contributed by atoms with Gasteiger partial charge in [0.15, 0.2) is 0 Å². The van der Waals surface area contributed by atoms with Crippen molar-refractivity contribution in [3.8, 4) is 0 Å². The predicted molar refractivity (Wildman–Crippen MR) is 53.9 cm³/mol. The summed E-state index contributed by atoms with van der Waals surface area (Å²) in [6.07, 6.45) is 2.54. The van der Waals surface area contributed by atoms with Gasteiger partial charge in [0.25, 0.3) is 0 Å². The first kappa shape index (κ1) is 9.97. The number of hydrogen-bond acceptors (Lipinski definition) is 2. The van der Waals surface area contributed by atoms with Crippen molar-refractivity contribution in [3.63, 3.8) is 0 Å². The second kappa shape index (κ2) is 3.23. The molecule has 3 aliphatic rings. The van der Waals surface area contributed by atoms with E-state index in [9.17, 15) is 4.79 Å². The fourth-order valence-corrected chi connectivity index (χ4v) is 2.23. The van der Waals surface area contributed by atoms with E-state index in [1.54, 1.807) is 0 Å². The second-order valence-corrected chi connectivity index (χ2v) is 5.39. The minimum absolute atomic E-state index is 0.252. The van der Waals surface area contributed by atoms with Gasteiger partial charge in [-0.05, 0) is 12.8 Å². The molecule has 3 heteroatoms. The van der Waals surface area contributed by atoms with Crippen molar-refractivity contribution in [2.24, 2.45) is 5.41 Å². The Balaban J connectivity index is 2.09. The summed E-state index contributed by atoms with van der Waals surface area (Å²) in [4.78, 5) is 14.1. The van der Waals surface area contributed by atoms with Crippen molar-refractivity contribution in [2.45, 2.75) is 45.8 Å². The molecule has 3 nitrogen and oxygen atoms in total. The second-order valence-electron chi connectivity index (χ2n) is 5.39. The van der Waals surface area contributed by atoms with E-state index in [1.165, 1.54) is 0 Å². The maximum absolute atomic E-state index is 12.1. The first-order valence-corrected chi connectivity index (χ1v) is 5.41. The van der Waals surface area contributed by atoms with Crippen LogP contribution in [0.4, 0.5) is 0 Å². The number of amides is 1. The molecule has 3 fully saturated rings. The highest BCUT2D eigenvalue weighted by atomic mass is 16.5. The summed E-state index contributed by atoms with van der Waals surface area (Å²) in [5.41, 5.74) is -0.252. The van der Waals surface area contributed by atoms with Gasteiger partial charge < -0.3 is 9.64 Å². The van der Waals surface area contributed by atoms with Gasteiger partial charge in [-0.3, -0.25) is 4.79 Å². The Morgan fingerprint density at radius 1 is 1.36 bits per heavy atom. The maximum atomic E-state index is 12.1. The molecule has 3 rings (SSSR count). The van der Waals surface area contributed by atoms with E-state index in [0.29, 0.717) is 12.1 Å². The summed E-state index contributed by atoms with van der Waals surface area (Å²) >= 11 is 0. The lowest BCUT2D eigenvalue weighted by Crippen LogP contribution is -2.58. The third-order valence-corrected chi connectivity index (χ3v) is 3.09. The molecular weight excluding hydrogens is 178 g/mol. The van der Waals surface area contributed by atoms with Crippen LogP contribution < -0.4 is 0 Å². The first-order chi connectivity index (χ1) is 6.48. The smallest absolute Gasteiger partial charge is 0.228 e. The van der Waals surface area contributed by atoms with Crippen LogP contribution in [0.3, 0.4) is 0 Å². The molecule has 0 unspecified atom stereocenters. The van der Waals surface area contributed by atoms with Crippen molar-refractivity contribution < 1.29 is 9.53 Å².